The average molecular weight is 485 g/mol. The lowest BCUT2D eigenvalue weighted by atomic mass is 10.0. The number of aliphatic hydroxyl groups excluding tert-OH is 2. The third kappa shape index (κ3) is 13.6. The van der Waals surface area contributed by atoms with Gasteiger partial charge in [0.2, 0.25) is 11.8 Å². The van der Waals surface area contributed by atoms with Gasteiger partial charge < -0.3 is 30.6 Å². The van der Waals surface area contributed by atoms with Crippen LogP contribution in [0.5, 0.6) is 0 Å². The highest BCUT2D eigenvalue weighted by Gasteiger charge is 2.32. The minimum absolute atomic E-state index is 0.0804. The number of carbonyl (C=O) groups excluding carboxylic acids is 2. The molecule has 0 bridgehead atoms. The average Bonchev–Trinajstić information content (AvgIpc) is 2.69. The Kier molecular flexibility index (Phi) is 14.9. The first-order valence-electron chi connectivity index (χ1n) is 13.4. The van der Waals surface area contributed by atoms with Crippen LogP contribution in [-0.4, -0.2) is 95.4 Å². The number of carbonyl (C=O) groups is 2. The van der Waals surface area contributed by atoms with Crippen molar-refractivity contribution in [3.8, 4) is 0 Å². The third-order valence-electron chi connectivity index (χ3n) is 5.99. The number of hydrogen-bond acceptors (Lipinski definition) is 6. The zero-order valence-corrected chi connectivity index (χ0v) is 22.6. The Morgan fingerprint density at radius 2 is 1.00 bits per heavy atom. The fraction of sp³-hybridized carbons (Fsp3) is 0.923. The van der Waals surface area contributed by atoms with Crippen molar-refractivity contribution in [2.24, 2.45) is 11.8 Å². The maximum Gasteiger partial charge on any atom is 0.243 e. The maximum atomic E-state index is 12.5. The molecule has 0 spiro atoms. The van der Waals surface area contributed by atoms with Gasteiger partial charge in [-0.2, -0.15) is 0 Å². The SMILES string of the molecule is CC(C)CN(CCCCC1NC(=O)C(CCCCN(CC(C)C)CC(C)O)NC1=O)CC(C)O. The lowest BCUT2D eigenvalue weighted by molar-refractivity contribution is -0.137. The van der Waals surface area contributed by atoms with E-state index in [2.05, 4.69) is 48.1 Å². The van der Waals surface area contributed by atoms with Crippen LogP contribution in [0, 0.1) is 11.8 Å². The Labute approximate surface area is 207 Å². The molecule has 8 heteroatoms. The minimum atomic E-state index is -0.452. The van der Waals surface area contributed by atoms with Crippen LogP contribution < -0.4 is 10.6 Å². The first-order chi connectivity index (χ1) is 16.0. The lowest BCUT2D eigenvalue weighted by Gasteiger charge is -2.30. The van der Waals surface area contributed by atoms with E-state index in [-0.39, 0.29) is 24.0 Å². The summed E-state index contributed by atoms with van der Waals surface area (Å²) in [5.41, 5.74) is 0. The second kappa shape index (κ2) is 16.5. The van der Waals surface area contributed by atoms with Crippen molar-refractivity contribution in [1.29, 1.82) is 0 Å². The van der Waals surface area contributed by atoms with E-state index < -0.39 is 12.1 Å². The summed E-state index contributed by atoms with van der Waals surface area (Å²) in [7, 11) is 0. The summed E-state index contributed by atoms with van der Waals surface area (Å²) >= 11 is 0. The second-order valence-corrected chi connectivity index (χ2v) is 11.1. The highest BCUT2D eigenvalue weighted by atomic mass is 16.3. The Morgan fingerprint density at radius 3 is 1.29 bits per heavy atom. The van der Waals surface area contributed by atoms with Gasteiger partial charge in [0.1, 0.15) is 12.1 Å². The van der Waals surface area contributed by atoms with E-state index in [1.165, 1.54) is 0 Å². The highest BCUT2D eigenvalue weighted by molar-refractivity contribution is 5.96. The summed E-state index contributed by atoms with van der Waals surface area (Å²) in [6.45, 7) is 17.3. The molecule has 0 aliphatic carbocycles. The summed E-state index contributed by atoms with van der Waals surface area (Å²) in [6, 6.07) is -0.904. The molecule has 4 N–H and O–H groups in total. The first kappa shape index (κ1) is 30.8. The van der Waals surface area contributed by atoms with Crippen molar-refractivity contribution in [2.75, 3.05) is 39.3 Å². The van der Waals surface area contributed by atoms with Gasteiger partial charge in [-0.15, -0.1) is 0 Å². The molecule has 0 radical (unpaired) electrons. The zero-order valence-electron chi connectivity index (χ0n) is 22.6. The molecule has 2 amide bonds. The van der Waals surface area contributed by atoms with Gasteiger partial charge in [-0.3, -0.25) is 9.59 Å². The van der Waals surface area contributed by atoms with E-state index in [1.54, 1.807) is 0 Å². The first-order valence-corrected chi connectivity index (χ1v) is 13.4. The third-order valence-corrected chi connectivity index (χ3v) is 5.99. The Morgan fingerprint density at radius 1 is 0.647 bits per heavy atom. The van der Waals surface area contributed by atoms with Gasteiger partial charge in [-0.05, 0) is 77.3 Å². The van der Waals surface area contributed by atoms with Crippen molar-refractivity contribution in [3.05, 3.63) is 0 Å². The smallest absolute Gasteiger partial charge is 0.243 e. The normalized spacial score (nSPS) is 20.8. The lowest BCUT2D eigenvalue weighted by Crippen LogP contribution is -2.61. The molecule has 1 aliphatic heterocycles. The molecule has 1 heterocycles. The van der Waals surface area contributed by atoms with E-state index in [0.717, 1.165) is 51.9 Å². The molecule has 8 nitrogen and oxygen atoms in total. The molecule has 4 atom stereocenters. The van der Waals surface area contributed by atoms with Crippen LogP contribution >= 0.6 is 0 Å². The van der Waals surface area contributed by atoms with Crippen LogP contribution in [0.1, 0.15) is 80.1 Å². The van der Waals surface area contributed by atoms with E-state index >= 15 is 0 Å². The van der Waals surface area contributed by atoms with Crippen molar-refractivity contribution in [1.82, 2.24) is 20.4 Å². The molecule has 200 valence electrons. The number of rotatable bonds is 18. The quantitative estimate of drug-likeness (QED) is 0.222. The number of amides is 2. The summed E-state index contributed by atoms with van der Waals surface area (Å²) in [4.78, 5) is 29.6. The van der Waals surface area contributed by atoms with Crippen LogP contribution in [0.25, 0.3) is 0 Å². The summed E-state index contributed by atoms with van der Waals surface area (Å²) in [5, 5.41) is 25.3. The molecular formula is C26H52N4O4. The molecule has 4 unspecified atom stereocenters. The van der Waals surface area contributed by atoms with Gasteiger partial charge in [0, 0.05) is 26.2 Å². The largest absolute Gasteiger partial charge is 0.392 e. The molecule has 34 heavy (non-hydrogen) atoms. The van der Waals surface area contributed by atoms with Crippen LogP contribution in [0.3, 0.4) is 0 Å². The van der Waals surface area contributed by atoms with Gasteiger partial charge >= 0.3 is 0 Å². The molecule has 1 aliphatic rings. The summed E-state index contributed by atoms with van der Waals surface area (Å²) < 4.78 is 0. The topological polar surface area (TPSA) is 105 Å². The molecule has 0 saturated carbocycles. The van der Waals surface area contributed by atoms with Gasteiger partial charge in [0.15, 0.2) is 0 Å². The van der Waals surface area contributed by atoms with E-state index in [9.17, 15) is 19.8 Å². The minimum Gasteiger partial charge on any atom is -0.392 e. The number of unbranched alkanes of at least 4 members (excludes halogenated alkanes) is 2. The monoisotopic (exact) mass is 484 g/mol. The Balaban J connectivity index is 2.34. The fourth-order valence-corrected chi connectivity index (χ4v) is 4.74. The number of nitrogens with zero attached hydrogens (tertiary/aromatic N) is 2. The number of aliphatic hydroxyl groups is 2. The molecule has 1 fully saturated rings. The van der Waals surface area contributed by atoms with E-state index in [1.807, 2.05) is 13.8 Å². The Bertz CT molecular complexity index is 513. The number of piperazine rings is 1. The number of nitrogens with one attached hydrogen (secondary N) is 2. The Hall–Kier alpha value is -1.22. The second-order valence-electron chi connectivity index (χ2n) is 11.1. The van der Waals surface area contributed by atoms with Crippen molar-refractivity contribution in [3.63, 3.8) is 0 Å². The zero-order chi connectivity index (χ0) is 25.7. The fourth-order valence-electron chi connectivity index (χ4n) is 4.74. The summed E-state index contributed by atoms with van der Waals surface area (Å²) in [6.07, 6.45) is 4.14. The predicted octanol–water partition coefficient (Wildman–Crippen LogP) is 1.99. The van der Waals surface area contributed by atoms with Crippen LogP contribution in [0.4, 0.5) is 0 Å². The van der Waals surface area contributed by atoms with E-state index in [4.69, 9.17) is 0 Å². The van der Waals surface area contributed by atoms with Gasteiger partial charge in [0.05, 0.1) is 12.2 Å². The molecule has 1 saturated heterocycles. The van der Waals surface area contributed by atoms with Crippen molar-refractivity contribution < 1.29 is 19.8 Å². The molecule has 0 aromatic rings. The molecule has 1 rings (SSSR count). The summed E-state index contributed by atoms with van der Waals surface area (Å²) in [5.74, 6) is 0.914. The standard InChI is InChI=1S/C26H52N4O4/c1-19(2)15-29(17-21(5)31)13-9-7-11-23-25(33)28-24(26(34)27-23)12-8-10-14-30(16-20(3)4)18-22(6)32/h19-24,31-32H,7-18H2,1-6H3,(H,27,34)(H,28,33). The maximum absolute atomic E-state index is 12.5. The molecular weight excluding hydrogens is 432 g/mol. The highest BCUT2D eigenvalue weighted by Crippen LogP contribution is 2.12. The molecule has 0 aromatic carbocycles. The molecule has 0 aromatic heterocycles. The van der Waals surface area contributed by atoms with Crippen LogP contribution in [-0.2, 0) is 9.59 Å². The van der Waals surface area contributed by atoms with Gasteiger partial charge in [0.25, 0.3) is 0 Å². The van der Waals surface area contributed by atoms with Gasteiger partial charge in [-0.25, -0.2) is 0 Å². The number of hydrogen-bond donors (Lipinski definition) is 4. The van der Waals surface area contributed by atoms with Crippen LogP contribution in [0.15, 0.2) is 0 Å². The van der Waals surface area contributed by atoms with E-state index in [0.29, 0.717) is 37.8 Å². The predicted molar refractivity (Wildman–Crippen MR) is 137 cm³/mol. The van der Waals surface area contributed by atoms with Crippen molar-refractivity contribution >= 4 is 11.8 Å². The van der Waals surface area contributed by atoms with Crippen LogP contribution in [0.2, 0.25) is 0 Å². The van der Waals surface area contributed by atoms with Gasteiger partial charge in [-0.1, -0.05) is 27.7 Å². The van der Waals surface area contributed by atoms with Crippen molar-refractivity contribution in [2.45, 2.75) is 104 Å².